The number of carbonyl (C=O) groups excluding carboxylic acids is 2. The number of benzene rings is 1. The fourth-order valence-corrected chi connectivity index (χ4v) is 3.17. The van der Waals surface area contributed by atoms with Crippen molar-refractivity contribution >= 4 is 17.9 Å². The van der Waals surface area contributed by atoms with Gasteiger partial charge < -0.3 is 10.4 Å². The van der Waals surface area contributed by atoms with Crippen LogP contribution in [-0.2, 0) is 16.0 Å². The molecule has 3 N–H and O–H groups in total. The minimum atomic E-state index is -1.26. The fraction of sp³-hybridized carbons (Fsp3) is 0.400. The molecule has 22 heavy (non-hydrogen) atoms. The Labute approximate surface area is 125 Å². The minimum absolute atomic E-state index is 0.167. The van der Waals surface area contributed by atoms with E-state index in [1.807, 2.05) is 0 Å². The summed E-state index contributed by atoms with van der Waals surface area (Å²) < 4.78 is 13.7. The maximum atomic E-state index is 13.7. The van der Waals surface area contributed by atoms with Gasteiger partial charge in [0.15, 0.2) is 0 Å². The lowest BCUT2D eigenvalue weighted by Gasteiger charge is -2.26. The summed E-state index contributed by atoms with van der Waals surface area (Å²) in [4.78, 5) is 34.8. The lowest BCUT2D eigenvalue weighted by Crippen LogP contribution is -2.50. The second-order valence-corrected chi connectivity index (χ2v) is 5.76. The van der Waals surface area contributed by atoms with Crippen molar-refractivity contribution in [2.45, 2.75) is 24.8 Å². The third-order valence-electron chi connectivity index (χ3n) is 4.46. The van der Waals surface area contributed by atoms with Gasteiger partial charge in [-0.1, -0.05) is 18.2 Å². The van der Waals surface area contributed by atoms with E-state index >= 15 is 0 Å². The zero-order valence-corrected chi connectivity index (χ0v) is 11.6. The molecule has 0 aromatic heterocycles. The number of halogens is 1. The number of hydrogen-bond acceptors (Lipinski definition) is 3. The van der Waals surface area contributed by atoms with Gasteiger partial charge in [0.25, 0.3) is 5.91 Å². The zero-order chi connectivity index (χ0) is 15.9. The molecule has 1 saturated heterocycles. The molecule has 7 heteroatoms. The van der Waals surface area contributed by atoms with Gasteiger partial charge in [0.2, 0.25) is 0 Å². The van der Waals surface area contributed by atoms with Crippen molar-refractivity contribution in [3.63, 3.8) is 0 Å². The topological polar surface area (TPSA) is 95.5 Å². The highest BCUT2D eigenvalue weighted by molar-refractivity contribution is 6.07. The Morgan fingerprint density at radius 2 is 2.09 bits per heavy atom. The third kappa shape index (κ3) is 2.32. The van der Waals surface area contributed by atoms with Gasteiger partial charge in [0.1, 0.15) is 11.4 Å². The van der Waals surface area contributed by atoms with E-state index in [0.717, 1.165) is 0 Å². The van der Waals surface area contributed by atoms with Crippen molar-refractivity contribution in [3.05, 3.63) is 35.6 Å². The average Bonchev–Trinajstić information content (AvgIpc) is 3.20. The summed E-state index contributed by atoms with van der Waals surface area (Å²) >= 11 is 0. The summed E-state index contributed by atoms with van der Waals surface area (Å²) in [5.74, 6) is -2.99. The van der Waals surface area contributed by atoms with Gasteiger partial charge in [-0.2, -0.15) is 0 Å². The van der Waals surface area contributed by atoms with Crippen molar-refractivity contribution in [2.75, 3.05) is 0 Å². The molecule has 0 radical (unpaired) electrons. The fourth-order valence-electron chi connectivity index (χ4n) is 3.17. The minimum Gasteiger partial charge on any atom is -0.481 e. The number of carbonyl (C=O) groups is 3. The van der Waals surface area contributed by atoms with Crippen LogP contribution in [-0.4, -0.2) is 28.6 Å². The summed E-state index contributed by atoms with van der Waals surface area (Å²) in [6.07, 6.45) is 0.740. The summed E-state index contributed by atoms with van der Waals surface area (Å²) in [6, 6.07) is 5.57. The molecule has 1 aromatic rings. The molecular weight excluding hydrogens is 291 g/mol. The maximum absolute atomic E-state index is 13.7. The van der Waals surface area contributed by atoms with Gasteiger partial charge in [0, 0.05) is 5.92 Å². The zero-order valence-electron chi connectivity index (χ0n) is 11.6. The van der Waals surface area contributed by atoms with Crippen LogP contribution in [0.3, 0.4) is 0 Å². The largest absolute Gasteiger partial charge is 0.481 e. The van der Waals surface area contributed by atoms with Gasteiger partial charge in [-0.15, -0.1) is 0 Å². The molecule has 0 bridgehead atoms. The molecule has 3 rings (SSSR count). The van der Waals surface area contributed by atoms with E-state index < -0.39 is 35.3 Å². The SMILES string of the molecule is O=C1NC(=O)C(CCc2ccccc2F)([C@H]2C[C@@H]2C(=O)O)N1. The first-order valence-corrected chi connectivity index (χ1v) is 7.04. The first-order chi connectivity index (χ1) is 10.4. The highest BCUT2D eigenvalue weighted by Gasteiger charge is 2.62. The lowest BCUT2D eigenvalue weighted by molar-refractivity contribution is -0.139. The number of aryl methyl sites for hydroxylation is 1. The first kappa shape index (κ1) is 14.5. The van der Waals surface area contributed by atoms with Crippen LogP contribution >= 0.6 is 0 Å². The number of amides is 3. The first-order valence-electron chi connectivity index (χ1n) is 7.04. The molecule has 116 valence electrons. The van der Waals surface area contributed by atoms with Crippen LogP contribution in [0.4, 0.5) is 9.18 Å². The van der Waals surface area contributed by atoms with Crippen LogP contribution in [0.1, 0.15) is 18.4 Å². The molecule has 1 aliphatic heterocycles. The lowest BCUT2D eigenvalue weighted by atomic mass is 9.85. The number of carboxylic acid groups (broad SMARTS) is 1. The molecule has 1 aliphatic carbocycles. The molecule has 6 nitrogen and oxygen atoms in total. The normalized spacial score (nSPS) is 29.9. The highest BCUT2D eigenvalue weighted by Crippen LogP contribution is 2.49. The van der Waals surface area contributed by atoms with Crippen molar-refractivity contribution in [2.24, 2.45) is 11.8 Å². The molecule has 2 aliphatic rings. The number of nitrogens with one attached hydrogen (secondary N) is 2. The number of imide groups is 1. The van der Waals surface area contributed by atoms with Gasteiger partial charge in [0.05, 0.1) is 5.92 Å². The van der Waals surface area contributed by atoms with E-state index in [9.17, 15) is 18.8 Å². The van der Waals surface area contributed by atoms with E-state index in [1.165, 1.54) is 6.07 Å². The van der Waals surface area contributed by atoms with Crippen LogP contribution in [0.2, 0.25) is 0 Å². The van der Waals surface area contributed by atoms with E-state index in [1.54, 1.807) is 18.2 Å². The van der Waals surface area contributed by atoms with Crippen LogP contribution in [0, 0.1) is 17.7 Å². The smallest absolute Gasteiger partial charge is 0.322 e. The number of hydrogen-bond donors (Lipinski definition) is 3. The second-order valence-electron chi connectivity index (χ2n) is 5.76. The van der Waals surface area contributed by atoms with Crippen molar-refractivity contribution < 1.29 is 23.9 Å². The van der Waals surface area contributed by atoms with E-state index in [2.05, 4.69) is 10.6 Å². The molecule has 3 amide bonds. The number of carboxylic acids is 1. The Hall–Kier alpha value is -2.44. The van der Waals surface area contributed by atoms with Gasteiger partial charge in [-0.25, -0.2) is 9.18 Å². The molecule has 1 heterocycles. The molecule has 1 aromatic carbocycles. The molecule has 2 fully saturated rings. The Bertz CT molecular complexity index is 663. The predicted octanol–water partition coefficient (Wildman–Crippen LogP) is 1.06. The number of urea groups is 1. The Kier molecular flexibility index (Phi) is 3.35. The molecule has 3 atom stereocenters. The van der Waals surface area contributed by atoms with Crippen molar-refractivity contribution in [1.82, 2.24) is 10.6 Å². The van der Waals surface area contributed by atoms with Crippen molar-refractivity contribution in [1.29, 1.82) is 0 Å². The third-order valence-corrected chi connectivity index (χ3v) is 4.46. The summed E-state index contributed by atoms with van der Waals surface area (Å²) in [5, 5.41) is 13.8. The average molecular weight is 306 g/mol. The quantitative estimate of drug-likeness (QED) is 0.709. The summed E-state index contributed by atoms with van der Waals surface area (Å²) in [6.45, 7) is 0. The maximum Gasteiger partial charge on any atom is 0.322 e. The summed E-state index contributed by atoms with van der Waals surface area (Å²) in [5.41, 5.74) is -0.828. The van der Waals surface area contributed by atoms with Crippen LogP contribution < -0.4 is 10.6 Å². The second kappa shape index (κ2) is 5.08. The van der Waals surface area contributed by atoms with Crippen LogP contribution in [0.15, 0.2) is 24.3 Å². The van der Waals surface area contributed by atoms with E-state index in [4.69, 9.17) is 5.11 Å². The Morgan fingerprint density at radius 1 is 1.36 bits per heavy atom. The summed E-state index contributed by atoms with van der Waals surface area (Å²) in [7, 11) is 0. The Morgan fingerprint density at radius 3 is 2.64 bits per heavy atom. The van der Waals surface area contributed by atoms with Gasteiger partial charge in [-0.05, 0) is 30.9 Å². The molecule has 1 saturated carbocycles. The molecular formula is C15H15FN2O4. The monoisotopic (exact) mass is 306 g/mol. The van der Waals surface area contributed by atoms with E-state index in [-0.39, 0.29) is 18.7 Å². The van der Waals surface area contributed by atoms with Crippen LogP contribution in [0.5, 0.6) is 0 Å². The van der Waals surface area contributed by atoms with Crippen LogP contribution in [0.25, 0.3) is 0 Å². The van der Waals surface area contributed by atoms with Crippen molar-refractivity contribution in [3.8, 4) is 0 Å². The number of rotatable bonds is 5. The standard InChI is InChI=1S/C15H15FN2O4/c16-11-4-2-1-3-8(11)5-6-15(10-7-9(10)12(19)20)13(21)17-14(22)18-15/h1-4,9-10H,5-7H2,(H,19,20)(H2,17,18,21,22)/t9-,10-,15?/m0/s1. The van der Waals surface area contributed by atoms with Gasteiger partial charge in [-0.3, -0.25) is 14.9 Å². The Balaban J connectivity index is 1.82. The van der Waals surface area contributed by atoms with E-state index in [0.29, 0.717) is 12.0 Å². The predicted molar refractivity (Wildman–Crippen MR) is 73.4 cm³/mol. The molecule has 1 unspecified atom stereocenters. The molecule has 0 spiro atoms. The van der Waals surface area contributed by atoms with Gasteiger partial charge >= 0.3 is 12.0 Å². The highest BCUT2D eigenvalue weighted by atomic mass is 19.1. The number of aliphatic carboxylic acids is 1.